The molecule has 0 heterocycles. The molecule has 0 fully saturated rings. The minimum absolute atomic E-state index is 0.0463. The SMILES string of the molecule is Cc1cc(NC(=O)OCc2ccccc2)c(F)cc1Cl. The van der Waals surface area contributed by atoms with E-state index in [1.54, 1.807) is 6.92 Å². The van der Waals surface area contributed by atoms with E-state index in [0.29, 0.717) is 10.6 Å². The summed E-state index contributed by atoms with van der Waals surface area (Å²) in [6, 6.07) is 11.8. The van der Waals surface area contributed by atoms with Gasteiger partial charge < -0.3 is 4.74 Å². The van der Waals surface area contributed by atoms with Gasteiger partial charge in [-0.2, -0.15) is 0 Å². The first kappa shape index (κ1) is 14.3. The van der Waals surface area contributed by atoms with Crippen molar-refractivity contribution in [1.29, 1.82) is 0 Å². The third-order valence-corrected chi connectivity index (χ3v) is 3.10. The molecule has 0 atom stereocenters. The van der Waals surface area contributed by atoms with Gasteiger partial charge >= 0.3 is 6.09 Å². The molecule has 1 N–H and O–H groups in total. The molecule has 20 heavy (non-hydrogen) atoms. The van der Waals surface area contributed by atoms with Crippen LogP contribution in [0.25, 0.3) is 0 Å². The Kier molecular flexibility index (Phi) is 4.58. The summed E-state index contributed by atoms with van der Waals surface area (Å²) < 4.78 is 18.6. The molecule has 2 aromatic carbocycles. The predicted octanol–water partition coefficient (Wildman–Crippen LogP) is 4.54. The summed E-state index contributed by atoms with van der Waals surface area (Å²) in [5.74, 6) is -0.600. The van der Waals surface area contributed by atoms with Crippen LogP contribution < -0.4 is 5.32 Å². The van der Waals surface area contributed by atoms with Gasteiger partial charge in [-0.15, -0.1) is 0 Å². The normalized spacial score (nSPS) is 10.2. The van der Waals surface area contributed by atoms with Crippen LogP contribution in [0.2, 0.25) is 5.02 Å². The predicted molar refractivity (Wildman–Crippen MR) is 76.4 cm³/mol. The van der Waals surface area contributed by atoms with E-state index in [4.69, 9.17) is 16.3 Å². The number of hydrogen-bond donors (Lipinski definition) is 1. The zero-order valence-electron chi connectivity index (χ0n) is 10.8. The van der Waals surface area contributed by atoms with Crippen LogP contribution in [0.15, 0.2) is 42.5 Å². The van der Waals surface area contributed by atoms with Gasteiger partial charge in [-0.25, -0.2) is 9.18 Å². The number of ether oxygens (including phenoxy) is 1. The minimum Gasteiger partial charge on any atom is -0.444 e. The lowest BCUT2D eigenvalue weighted by Gasteiger charge is -2.09. The van der Waals surface area contributed by atoms with Crippen LogP contribution in [0.4, 0.5) is 14.9 Å². The zero-order chi connectivity index (χ0) is 14.5. The average Bonchev–Trinajstić information content (AvgIpc) is 2.44. The Balaban J connectivity index is 1.97. The number of halogens is 2. The number of anilines is 1. The van der Waals surface area contributed by atoms with E-state index >= 15 is 0 Å². The van der Waals surface area contributed by atoms with Crippen molar-refractivity contribution in [2.45, 2.75) is 13.5 Å². The molecular weight excluding hydrogens is 281 g/mol. The molecule has 0 aliphatic rings. The van der Waals surface area contributed by atoms with E-state index in [0.717, 1.165) is 11.6 Å². The Morgan fingerprint density at radius 3 is 2.70 bits per heavy atom. The van der Waals surface area contributed by atoms with Gasteiger partial charge in [0, 0.05) is 5.02 Å². The number of benzene rings is 2. The third kappa shape index (κ3) is 3.71. The van der Waals surface area contributed by atoms with Crippen molar-refractivity contribution in [3.8, 4) is 0 Å². The molecule has 5 heteroatoms. The molecule has 0 radical (unpaired) electrons. The topological polar surface area (TPSA) is 38.3 Å². The lowest BCUT2D eigenvalue weighted by Crippen LogP contribution is -2.14. The maximum absolute atomic E-state index is 13.6. The highest BCUT2D eigenvalue weighted by Crippen LogP contribution is 2.23. The van der Waals surface area contributed by atoms with Gasteiger partial charge in [0.1, 0.15) is 12.4 Å². The molecule has 104 valence electrons. The van der Waals surface area contributed by atoms with Gasteiger partial charge in [-0.1, -0.05) is 41.9 Å². The number of carbonyl (C=O) groups excluding carboxylic acids is 1. The summed E-state index contributed by atoms with van der Waals surface area (Å²) in [5.41, 5.74) is 1.58. The van der Waals surface area contributed by atoms with E-state index in [1.807, 2.05) is 30.3 Å². The van der Waals surface area contributed by atoms with Crippen molar-refractivity contribution >= 4 is 23.4 Å². The standard InChI is InChI=1S/C15H13ClFNO2/c1-10-7-14(13(17)8-12(10)16)18-15(19)20-9-11-5-3-2-4-6-11/h2-8H,9H2,1H3,(H,18,19). The summed E-state index contributed by atoms with van der Waals surface area (Å²) in [6.07, 6.45) is -0.713. The Labute approximate surface area is 121 Å². The molecule has 2 rings (SSSR count). The largest absolute Gasteiger partial charge is 0.444 e. The second kappa shape index (κ2) is 6.39. The Morgan fingerprint density at radius 2 is 2.00 bits per heavy atom. The smallest absolute Gasteiger partial charge is 0.412 e. The second-order valence-corrected chi connectivity index (χ2v) is 4.68. The first-order chi connectivity index (χ1) is 9.56. The molecule has 0 saturated heterocycles. The molecular formula is C15H13ClFNO2. The highest BCUT2D eigenvalue weighted by Gasteiger charge is 2.10. The number of carbonyl (C=O) groups is 1. The summed E-state index contributed by atoms with van der Waals surface area (Å²) in [5, 5.41) is 2.66. The van der Waals surface area contributed by atoms with E-state index < -0.39 is 11.9 Å². The Morgan fingerprint density at radius 1 is 1.30 bits per heavy atom. The Hall–Kier alpha value is -2.07. The van der Waals surface area contributed by atoms with Crippen LogP contribution in [0.3, 0.4) is 0 Å². The van der Waals surface area contributed by atoms with E-state index in [1.165, 1.54) is 6.07 Å². The summed E-state index contributed by atoms with van der Waals surface area (Å²) in [7, 11) is 0. The summed E-state index contributed by atoms with van der Waals surface area (Å²) >= 11 is 5.78. The molecule has 0 saturated carbocycles. The molecule has 3 nitrogen and oxygen atoms in total. The van der Waals surface area contributed by atoms with Crippen molar-refractivity contribution in [3.63, 3.8) is 0 Å². The van der Waals surface area contributed by atoms with Gasteiger partial charge in [-0.3, -0.25) is 5.32 Å². The van der Waals surface area contributed by atoms with E-state index in [9.17, 15) is 9.18 Å². The second-order valence-electron chi connectivity index (χ2n) is 4.27. The molecule has 2 aromatic rings. The van der Waals surface area contributed by atoms with Crippen LogP contribution in [0.5, 0.6) is 0 Å². The fourth-order valence-corrected chi connectivity index (χ4v) is 1.77. The summed E-state index contributed by atoms with van der Waals surface area (Å²) in [4.78, 5) is 11.6. The lowest BCUT2D eigenvalue weighted by molar-refractivity contribution is 0.155. The van der Waals surface area contributed by atoms with Gasteiger partial charge in [0.2, 0.25) is 0 Å². The number of hydrogen-bond acceptors (Lipinski definition) is 2. The van der Waals surface area contributed by atoms with Crippen molar-refractivity contribution < 1.29 is 13.9 Å². The van der Waals surface area contributed by atoms with E-state index in [-0.39, 0.29) is 12.3 Å². The first-order valence-corrected chi connectivity index (χ1v) is 6.37. The number of rotatable bonds is 3. The molecule has 1 amide bonds. The monoisotopic (exact) mass is 293 g/mol. The molecule has 0 unspecified atom stereocenters. The van der Waals surface area contributed by atoms with Gasteiger partial charge in [0.05, 0.1) is 5.69 Å². The first-order valence-electron chi connectivity index (χ1n) is 5.99. The van der Waals surface area contributed by atoms with Gasteiger partial charge in [0.15, 0.2) is 0 Å². The maximum atomic E-state index is 13.6. The van der Waals surface area contributed by atoms with Crippen molar-refractivity contribution in [1.82, 2.24) is 0 Å². The van der Waals surface area contributed by atoms with Gasteiger partial charge in [0.25, 0.3) is 0 Å². The summed E-state index contributed by atoms with van der Waals surface area (Å²) in [6.45, 7) is 1.85. The Bertz CT molecular complexity index is 617. The van der Waals surface area contributed by atoms with Crippen LogP contribution >= 0.6 is 11.6 Å². The van der Waals surface area contributed by atoms with Crippen molar-refractivity contribution in [2.24, 2.45) is 0 Å². The number of aryl methyl sites for hydroxylation is 1. The fourth-order valence-electron chi connectivity index (χ4n) is 1.62. The van der Waals surface area contributed by atoms with Gasteiger partial charge in [-0.05, 0) is 30.2 Å². The average molecular weight is 294 g/mol. The molecule has 0 spiro atoms. The van der Waals surface area contributed by atoms with Crippen molar-refractivity contribution in [2.75, 3.05) is 5.32 Å². The number of nitrogens with one attached hydrogen (secondary N) is 1. The third-order valence-electron chi connectivity index (χ3n) is 2.70. The lowest BCUT2D eigenvalue weighted by atomic mass is 10.2. The highest BCUT2D eigenvalue weighted by atomic mass is 35.5. The van der Waals surface area contributed by atoms with Crippen LogP contribution in [-0.2, 0) is 11.3 Å². The molecule has 0 bridgehead atoms. The minimum atomic E-state index is -0.713. The van der Waals surface area contributed by atoms with Crippen LogP contribution in [-0.4, -0.2) is 6.09 Å². The van der Waals surface area contributed by atoms with Crippen molar-refractivity contribution in [3.05, 3.63) is 64.4 Å². The maximum Gasteiger partial charge on any atom is 0.412 e. The molecule has 0 aliphatic heterocycles. The molecule has 0 aliphatic carbocycles. The zero-order valence-corrected chi connectivity index (χ0v) is 11.6. The molecule has 0 aromatic heterocycles. The fraction of sp³-hybridized carbons (Fsp3) is 0.133. The highest BCUT2D eigenvalue weighted by molar-refractivity contribution is 6.31. The van der Waals surface area contributed by atoms with Crippen LogP contribution in [0, 0.1) is 12.7 Å². The quantitative estimate of drug-likeness (QED) is 0.902. The van der Waals surface area contributed by atoms with E-state index in [2.05, 4.69) is 5.32 Å². The van der Waals surface area contributed by atoms with Crippen LogP contribution in [0.1, 0.15) is 11.1 Å². The number of amides is 1.